The monoisotopic (exact) mass is 423 g/mol. The van der Waals surface area contributed by atoms with Crippen molar-refractivity contribution in [1.29, 1.82) is 0 Å². The molecule has 0 unspecified atom stereocenters. The highest BCUT2D eigenvalue weighted by Gasteiger charge is 2.21. The van der Waals surface area contributed by atoms with E-state index in [2.05, 4.69) is 5.32 Å². The molecule has 0 saturated heterocycles. The quantitative estimate of drug-likeness (QED) is 0.556. The Morgan fingerprint density at radius 2 is 1.55 bits per heavy atom. The summed E-state index contributed by atoms with van der Waals surface area (Å²) in [5.41, 5.74) is 1.16. The van der Waals surface area contributed by atoms with Gasteiger partial charge in [-0.1, -0.05) is 42.5 Å². The lowest BCUT2D eigenvalue weighted by molar-refractivity contribution is -0.146. The van der Waals surface area contributed by atoms with E-state index in [1.54, 1.807) is 6.92 Å². The molecule has 3 aromatic carbocycles. The van der Waals surface area contributed by atoms with Gasteiger partial charge in [-0.2, -0.15) is 0 Å². The minimum atomic E-state index is -0.846. The first-order valence-electron chi connectivity index (χ1n) is 9.72. The average molecular weight is 423 g/mol. The number of benzene rings is 3. The molecule has 1 atom stereocenters. The average Bonchev–Trinajstić information content (AvgIpc) is 2.81. The second-order valence-electron chi connectivity index (χ2n) is 6.86. The summed E-state index contributed by atoms with van der Waals surface area (Å²) in [7, 11) is 4.41. The molecule has 0 aliphatic carbocycles. The fraction of sp³-hybridized carbons (Fsp3) is 0.250. The van der Waals surface area contributed by atoms with Crippen LogP contribution >= 0.6 is 0 Å². The Kier molecular flexibility index (Phi) is 6.97. The van der Waals surface area contributed by atoms with E-state index in [4.69, 9.17) is 18.9 Å². The van der Waals surface area contributed by atoms with E-state index in [9.17, 15) is 9.59 Å². The van der Waals surface area contributed by atoms with E-state index in [1.165, 1.54) is 33.5 Å². The normalized spacial score (nSPS) is 11.5. The zero-order valence-electron chi connectivity index (χ0n) is 17.9. The van der Waals surface area contributed by atoms with E-state index in [1.807, 2.05) is 42.5 Å². The Balaban J connectivity index is 1.67. The van der Waals surface area contributed by atoms with Crippen LogP contribution in [0.15, 0.2) is 54.6 Å². The largest absolute Gasteiger partial charge is 0.493 e. The smallest absolute Gasteiger partial charge is 0.328 e. The number of fused-ring (bicyclic) bond motifs is 1. The molecule has 0 aliphatic heterocycles. The fourth-order valence-electron chi connectivity index (χ4n) is 3.24. The van der Waals surface area contributed by atoms with Gasteiger partial charge in [0.25, 0.3) is 5.91 Å². The summed E-state index contributed by atoms with van der Waals surface area (Å²) in [6.07, 6.45) is 0. The zero-order chi connectivity index (χ0) is 22.4. The number of nitrogens with one attached hydrogen (secondary N) is 1. The lowest BCUT2D eigenvalue weighted by Gasteiger charge is -2.16. The summed E-state index contributed by atoms with van der Waals surface area (Å²) in [6, 6.07) is 15.9. The van der Waals surface area contributed by atoms with Crippen molar-refractivity contribution >= 4 is 22.6 Å². The Hall–Kier alpha value is -3.74. The third kappa shape index (κ3) is 4.88. The summed E-state index contributed by atoms with van der Waals surface area (Å²) in [5, 5.41) is 4.73. The van der Waals surface area contributed by atoms with Gasteiger partial charge in [0.05, 0.1) is 21.3 Å². The van der Waals surface area contributed by atoms with E-state index in [-0.39, 0.29) is 12.2 Å². The van der Waals surface area contributed by atoms with Crippen molar-refractivity contribution in [2.75, 3.05) is 21.3 Å². The van der Waals surface area contributed by atoms with Crippen molar-refractivity contribution in [3.8, 4) is 17.2 Å². The molecule has 0 radical (unpaired) electrons. The molecule has 3 aromatic rings. The molecule has 0 heterocycles. The lowest BCUT2D eigenvalue weighted by Crippen LogP contribution is -2.39. The van der Waals surface area contributed by atoms with Gasteiger partial charge in [0.15, 0.2) is 11.5 Å². The molecule has 7 nitrogen and oxygen atoms in total. The van der Waals surface area contributed by atoms with Crippen molar-refractivity contribution in [2.45, 2.75) is 19.6 Å². The first-order valence-corrected chi connectivity index (χ1v) is 9.72. The van der Waals surface area contributed by atoms with E-state index in [0.29, 0.717) is 17.2 Å². The topological polar surface area (TPSA) is 83.1 Å². The van der Waals surface area contributed by atoms with Crippen LogP contribution in [0.1, 0.15) is 22.8 Å². The Morgan fingerprint density at radius 1 is 0.903 bits per heavy atom. The number of carbonyl (C=O) groups is 2. The molecular weight excluding hydrogens is 398 g/mol. The highest BCUT2D eigenvalue weighted by molar-refractivity contribution is 5.98. The van der Waals surface area contributed by atoms with Gasteiger partial charge in [-0.15, -0.1) is 0 Å². The molecule has 0 spiro atoms. The summed E-state index contributed by atoms with van der Waals surface area (Å²) >= 11 is 0. The number of hydrogen-bond acceptors (Lipinski definition) is 6. The Morgan fingerprint density at radius 3 is 2.19 bits per heavy atom. The maximum atomic E-state index is 12.7. The number of ether oxygens (including phenoxy) is 4. The van der Waals surface area contributed by atoms with Crippen molar-refractivity contribution in [2.24, 2.45) is 0 Å². The molecule has 0 aromatic heterocycles. The van der Waals surface area contributed by atoms with Crippen molar-refractivity contribution in [3.63, 3.8) is 0 Å². The first-order chi connectivity index (χ1) is 15.0. The van der Waals surface area contributed by atoms with Crippen molar-refractivity contribution in [1.82, 2.24) is 5.32 Å². The van der Waals surface area contributed by atoms with Gasteiger partial charge in [0.2, 0.25) is 5.75 Å². The number of rotatable bonds is 8. The highest BCUT2D eigenvalue weighted by Crippen LogP contribution is 2.38. The fourth-order valence-corrected chi connectivity index (χ4v) is 3.24. The zero-order valence-corrected chi connectivity index (χ0v) is 17.9. The Bertz CT molecular complexity index is 1060. The molecule has 31 heavy (non-hydrogen) atoms. The molecular formula is C24H25NO6. The van der Waals surface area contributed by atoms with Gasteiger partial charge in [-0.3, -0.25) is 4.79 Å². The van der Waals surface area contributed by atoms with Crippen LogP contribution in [0.5, 0.6) is 17.2 Å². The predicted octanol–water partition coefficient (Wildman–Crippen LogP) is 3.73. The standard InChI is InChI=1S/C24H25NO6/c1-15(24(27)31-14-17-10-7-9-16-8-5-6-11-19(16)17)25-23(26)18-12-20(28-2)22(30-4)21(13-18)29-3/h5-13,15H,14H2,1-4H3,(H,25,26)/t15-/m0/s1. The molecule has 3 rings (SSSR count). The van der Waals surface area contributed by atoms with Crippen LogP contribution in [0.2, 0.25) is 0 Å². The predicted molar refractivity (Wildman–Crippen MR) is 117 cm³/mol. The van der Waals surface area contributed by atoms with Crippen LogP contribution in [0.4, 0.5) is 0 Å². The second kappa shape index (κ2) is 9.84. The number of amides is 1. The van der Waals surface area contributed by atoms with Gasteiger partial charge in [0, 0.05) is 5.56 Å². The van der Waals surface area contributed by atoms with Gasteiger partial charge >= 0.3 is 5.97 Å². The highest BCUT2D eigenvalue weighted by atomic mass is 16.5. The molecule has 1 amide bonds. The van der Waals surface area contributed by atoms with E-state index < -0.39 is 17.9 Å². The summed E-state index contributed by atoms with van der Waals surface area (Å²) in [4.78, 5) is 25.1. The third-order valence-electron chi connectivity index (χ3n) is 4.88. The van der Waals surface area contributed by atoms with Gasteiger partial charge in [-0.05, 0) is 35.4 Å². The minimum Gasteiger partial charge on any atom is -0.493 e. The van der Waals surface area contributed by atoms with Gasteiger partial charge < -0.3 is 24.3 Å². The van der Waals surface area contributed by atoms with Crippen molar-refractivity contribution in [3.05, 3.63) is 65.7 Å². The number of methoxy groups -OCH3 is 3. The number of esters is 1. The molecule has 0 bridgehead atoms. The van der Waals surface area contributed by atoms with Crippen LogP contribution in [-0.4, -0.2) is 39.2 Å². The minimum absolute atomic E-state index is 0.116. The van der Waals surface area contributed by atoms with Gasteiger partial charge in [-0.25, -0.2) is 4.79 Å². The van der Waals surface area contributed by atoms with E-state index >= 15 is 0 Å². The number of hydrogen-bond donors (Lipinski definition) is 1. The van der Waals surface area contributed by atoms with Crippen LogP contribution in [0, 0.1) is 0 Å². The molecule has 0 fully saturated rings. The van der Waals surface area contributed by atoms with Crippen molar-refractivity contribution < 1.29 is 28.5 Å². The molecule has 1 N–H and O–H groups in total. The Labute approximate surface area is 180 Å². The molecule has 0 aliphatic rings. The maximum absolute atomic E-state index is 12.7. The number of carbonyl (C=O) groups excluding carboxylic acids is 2. The summed E-state index contributed by atoms with van der Waals surface area (Å²) in [6.45, 7) is 1.69. The molecule has 7 heteroatoms. The van der Waals surface area contributed by atoms with Crippen LogP contribution < -0.4 is 19.5 Å². The van der Waals surface area contributed by atoms with Crippen LogP contribution in [-0.2, 0) is 16.1 Å². The third-order valence-corrected chi connectivity index (χ3v) is 4.88. The van der Waals surface area contributed by atoms with Crippen LogP contribution in [0.3, 0.4) is 0 Å². The molecule has 162 valence electrons. The lowest BCUT2D eigenvalue weighted by atomic mass is 10.1. The summed E-state index contributed by atoms with van der Waals surface area (Å²) in [5.74, 6) is 0.0723. The van der Waals surface area contributed by atoms with Crippen LogP contribution in [0.25, 0.3) is 10.8 Å². The SMILES string of the molecule is COc1cc(C(=O)N[C@@H](C)C(=O)OCc2cccc3ccccc23)cc(OC)c1OC. The summed E-state index contributed by atoms with van der Waals surface area (Å²) < 4.78 is 21.2. The second-order valence-corrected chi connectivity index (χ2v) is 6.86. The van der Waals surface area contributed by atoms with E-state index in [0.717, 1.165) is 16.3 Å². The maximum Gasteiger partial charge on any atom is 0.328 e. The van der Waals surface area contributed by atoms with Gasteiger partial charge in [0.1, 0.15) is 12.6 Å². The molecule has 0 saturated carbocycles. The first kappa shape index (κ1) is 22.0.